The Kier molecular flexibility index (Phi) is 2.73. The first kappa shape index (κ1) is 10.6. The van der Waals surface area contributed by atoms with Crippen LogP contribution in [-0.2, 0) is 11.2 Å². The summed E-state index contributed by atoms with van der Waals surface area (Å²) >= 11 is 0. The number of H-pyrrole nitrogens is 1. The van der Waals surface area contributed by atoms with Gasteiger partial charge in [-0.05, 0) is 31.4 Å². The number of anilines is 1. The van der Waals surface area contributed by atoms with Crippen LogP contribution in [0.25, 0.3) is 11.0 Å². The third-order valence-electron chi connectivity index (χ3n) is 3.32. The first-order valence-electron chi connectivity index (χ1n) is 6.17. The normalized spacial score (nSPS) is 20.1. The molecule has 2 aromatic rings. The fourth-order valence-electron chi connectivity index (χ4n) is 2.39. The molecule has 0 spiro atoms. The van der Waals surface area contributed by atoms with E-state index in [1.807, 2.05) is 18.2 Å². The number of nitrogens with one attached hydrogen (secondary N) is 1. The van der Waals surface area contributed by atoms with Crippen LogP contribution in [0.4, 0.5) is 5.69 Å². The molecule has 0 aliphatic carbocycles. The Morgan fingerprint density at radius 3 is 3.18 bits per heavy atom. The quantitative estimate of drug-likeness (QED) is 0.796. The first-order chi connectivity index (χ1) is 8.33. The van der Waals surface area contributed by atoms with Crippen molar-refractivity contribution in [3.8, 4) is 0 Å². The maximum atomic E-state index is 5.88. The molecule has 90 valence electrons. The smallest absolute Gasteiger partial charge is 0.111 e. The van der Waals surface area contributed by atoms with Gasteiger partial charge in [-0.2, -0.15) is 0 Å². The number of para-hydroxylation sites is 1. The lowest BCUT2D eigenvalue weighted by atomic mass is 10.1. The van der Waals surface area contributed by atoms with E-state index in [1.165, 1.54) is 12.8 Å². The van der Waals surface area contributed by atoms with Crippen molar-refractivity contribution in [3.63, 3.8) is 0 Å². The Bertz CT molecular complexity index is 514. The lowest BCUT2D eigenvalue weighted by Gasteiger charge is -2.06. The van der Waals surface area contributed by atoms with Crippen LogP contribution in [0.1, 0.15) is 25.1 Å². The average molecular weight is 231 g/mol. The third-order valence-corrected chi connectivity index (χ3v) is 3.32. The van der Waals surface area contributed by atoms with Crippen LogP contribution in [0.5, 0.6) is 0 Å². The van der Waals surface area contributed by atoms with Crippen molar-refractivity contribution in [3.05, 3.63) is 24.0 Å². The summed E-state index contributed by atoms with van der Waals surface area (Å²) in [5, 5.41) is 0. The minimum Gasteiger partial charge on any atom is -0.397 e. The van der Waals surface area contributed by atoms with E-state index in [0.29, 0.717) is 6.10 Å². The second-order valence-corrected chi connectivity index (χ2v) is 4.60. The van der Waals surface area contributed by atoms with Gasteiger partial charge < -0.3 is 15.5 Å². The number of aromatic nitrogens is 2. The molecule has 3 rings (SSSR count). The Morgan fingerprint density at radius 1 is 1.47 bits per heavy atom. The summed E-state index contributed by atoms with van der Waals surface area (Å²) < 4.78 is 5.61. The number of imidazole rings is 1. The van der Waals surface area contributed by atoms with Crippen molar-refractivity contribution in [2.75, 3.05) is 12.3 Å². The molecule has 1 aliphatic rings. The lowest BCUT2D eigenvalue weighted by molar-refractivity contribution is 0.104. The van der Waals surface area contributed by atoms with Gasteiger partial charge in [-0.1, -0.05) is 6.07 Å². The van der Waals surface area contributed by atoms with E-state index < -0.39 is 0 Å². The molecule has 2 heterocycles. The number of hydrogen-bond donors (Lipinski definition) is 2. The molecule has 1 fully saturated rings. The number of benzene rings is 1. The molecule has 0 radical (unpaired) electrons. The van der Waals surface area contributed by atoms with Gasteiger partial charge >= 0.3 is 0 Å². The summed E-state index contributed by atoms with van der Waals surface area (Å²) in [5.41, 5.74) is 8.52. The predicted octanol–water partition coefficient (Wildman–Crippen LogP) is 2.26. The van der Waals surface area contributed by atoms with E-state index >= 15 is 0 Å². The topological polar surface area (TPSA) is 63.9 Å². The summed E-state index contributed by atoms with van der Waals surface area (Å²) in [5.74, 6) is 1.01. The number of ether oxygens (including phenoxy) is 1. The first-order valence-corrected chi connectivity index (χ1v) is 6.17. The average Bonchev–Trinajstić information content (AvgIpc) is 2.95. The van der Waals surface area contributed by atoms with Gasteiger partial charge in [-0.25, -0.2) is 4.98 Å². The number of aromatic amines is 1. The van der Waals surface area contributed by atoms with Crippen LogP contribution >= 0.6 is 0 Å². The molecule has 1 aliphatic heterocycles. The number of rotatable bonds is 3. The summed E-state index contributed by atoms with van der Waals surface area (Å²) in [6, 6.07) is 5.83. The van der Waals surface area contributed by atoms with Crippen LogP contribution in [0.2, 0.25) is 0 Å². The van der Waals surface area contributed by atoms with E-state index in [1.54, 1.807) is 0 Å². The Balaban J connectivity index is 1.74. The molecule has 1 atom stereocenters. The zero-order chi connectivity index (χ0) is 11.7. The number of aryl methyl sites for hydroxylation is 1. The van der Waals surface area contributed by atoms with Crippen molar-refractivity contribution >= 4 is 16.7 Å². The Hall–Kier alpha value is -1.55. The molecule has 1 unspecified atom stereocenters. The van der Waals surface area contributed by atoms with Gasteiger partial charge in [0.15, 0.2) is 0 Å². The van der Waals surface area contributed by atoms with Crippen LogP contribution in [-0.4, -0.2) is 22.7 Å². The van der Waals surface area contributed by atoms with Crippen molar-refractivity contribution in [1.82, 2.24) is 9.97 Å². The fourth-order valence-corrected chi connectivity index (χ4v) is 2.39. The SMILES string of the molecule is Nc1cccc2[nH]c(CCC3CCCO3)nc12. The Labute approximate surface area is 100 Å². The van der Waals surface area contributed by atoms with Crippen molar-refractivity contribution in [2.24, 2.45) is 0 Å². The van der Waals surface area contributed by atoms with Crippen LogP contribution in [0.3, 0.4) is 0 Å². The maximum absolute atomic E-state index is 5.88. The summed E-state index contributed by atoms with van der Waals surface area (Å²) in [4.78, 5) is 7.85. The molecule has 0 bridgehead atoms. The van der Waals surface area contributed by atoms with Crippen molar-refractivity contribution < 1.29 is 4.74 Å². The second-order valence-electron chi connectivity index (χ2n) is 4.60. The number of nitrogen functional groups attached to an aromatic ring is 1. The standard InChI is InChI=1S/C13H17N3O/c14-10-4-1-5-11-13(10)16-12(15-11)7-6-9-3-2-8-17-9/h1,4-5,9H,2-3,6-8,14H2,(H,15,16). The molecule has 4 heteroatoms. The predicted molar refractivity (Wildman–Crippen MR) is 67.8 cm³/mol. The van der Waals surface area contributed by atoms with Crippen molar-refractivity contribution in [2.45, 2.75) is 31.8 Å². The minimum absolute atomic E-state index is 0.417. The highest BCUT2D eigenvalue weighted by atomic mass is 16.5. The van der Waals surface area contributed by atoms with Crippen LogP contribution < -0.4 is 5.73 Å². The highest BCUT2D eigenvalue weighted by Crippen LogP contribution is 2.21. The monoisotopic (exact) mass is 231 g/mol. The number of hydrogen-bond acceptors (Lipinski definition) is 3. The van der Waals surface area contributed by atoms with Gasteiger partial charge in [-0.15, -0.1) is 0 Å². The molecule has 0 amide bonds. The lowest BCUT2D eigenvalue weighted by Crippen LogP contribution is -2.06. The van der Waals surface area contributed by atoms with Crippen molar-refractivity contribution in [1.29, 1.82) is 0 Å². The maximum Gasteiger partial charge on any atom is 0.111 e. The molecule has 1 saturated heterocycles. The van der Waals surface area contributed by atoms with Gasteiger partial charge in [0.05, 0.1) is 17.3 Å². The summed E-state index contributed by atoms with van der Waals surface area (Å²) in [6.07, 6.45) is 4.76. The largest absolute Gasteiger partial charge is 0.397 e. The van der Waals surface area contributed by atoms with Gasteiger partial charge in [0, 0.05) is 13.0 Å². The molecular formula is C13H17N3O. The summed E-state index contributed by atoms with van der Waals surface area (Å²) in [7, 11) is 0. The number of nitrogens with zero attached hydrogens (tertiary/aromatic N) is 1. The van der Waals surface area contributed by atoms with E-state index in [0.717, 1.165) is 42.0 Å². The molecule has 17 heavy (non-hydrogen) atoms. The van der Waals surface area contributed by atoms with Gasteiger partial charge in [0.1, 0.15) is 11.3 Å². The van der Waals surface area contributed by atoms with E-state index in [-0.39, 0.29) is 0 Å². The van der Waals surface area contributed by atoms with Gasteiger partial charge in [0.25, 0.3) is 0 Å². The molecule has 4 nitrogen and oxygen atoms in total. The summed E-state index contributed by atoms with van der Waals surface area (Å²) in [6.45, 7) is 0.914. The zero-order valence-corrected chi connectivity index (χ0v) is 9.78. The van der Waals surface area contributed by atoms with Crippen LogP contribution in [0, 0.1) is 0 Å². The van der Waals surface area contributed by atoms with Gasteiger partial charge in [0.2, 0.25) is 0 Å². The highest BCUT2D eigenvalue weighted by Gasteiger charge is 2.16. The zero-order valence-electron chi connectivity index (χ0n) is 9.78. The van der Waals surface area contributed by atoms with E-state index in [2.05, 4.69) is 9.97 Å². The molecular weight excluding hydrogens is 214 g/mol. The van der Waals surface area contributed by atoms with Crippen LogP contribution in [0.15, 0.2) is 18.2 Å². The van der Waals surface area contributed by atoms with E-state index in [4.69, 9.17) is 10.5 Å². The molecule has 1 aromatic heterocycles. The molecule has 1 aromatic carbocycles. The number of nitrogens with two attached hydrogens (primary N) is 1. The third kappa shape index (κ3) is 2.13. The fraction of sp³-hybridized carbons (Fsp3) is 0.462. The Morgan fingerprint density at radius 2 is 2.41 bits per heavy atom. The van der Waals surface area contributed by atoms with Gasteiger partial charge in [-0.3, -0.25) is 0 Å². The molecule has 0 saturated carbocycles. The minimum atomic E-state index is 0.417. The van der Waals surface area contributed by atoms with E-state index in [9.17, 15) is 0 Å². The second kappa shape index (κ2) is 4.37. The molecule has 3 N–H and O–H groups in total. The number of fused-ring (bicyclic) bond motifs is 1. The highest BCUT2D eigenvalue weighted by molar-refractivity contribution is 5.86.